The Labute approximate surface area is 194 Å². The Morgan fingerprint density at radius 1 is 1.00 bits per heavy atom. The zero-order chi connectivity index (χ0) is 24.3. The molecule has 176 valence electrons. The molecule has 9 heteroatoms. The van der Waals surface area contributed by atoms with Gasteiger partial charge in [-0.3, -0.25) is 4.79 Å². The number of hydrogen-bond acceptors (Lipinski definition) is 5. The summed E-state index contributed by atoms with van der Waals surface area (Å²) < 4.78 is 49.6. The van der Waals surface area contributed by atoms with E-state index in [0.29, 0.717) is 41.4 Å². The van der Waals surface area contributed by atoms with Gasteiger partial charge in [-0.2, -0.15) is 18.3 Å². The molecule has 0 unspecified atom stereocenters. The Kier molecular flexibility index (Phi) is 6.45. The van der Waals surface area contributed by atoms with E-state index in [1.807, 2.05) is 11.0 Å². The number of amides is 1. The summed E-state index contributed by atoms with van der Waals surface area (Å²) in [6.07, 6.45) is -2.93. The molecule has 1 aliphatic heterocycles. The van der Waals surface area contributed by atoms with E-state index in [0.717, 1.165) is 23.3 Å². The summed E-state index contributed by atoms with van der Waals surface area (Å²) >= 11 is 0. The monoisotopic (exact) mass is 469 g/mol. The highest BCUT2D eigenvalue weighted by Crippen LogP contribution is 2.34. The number of rotatable bonds is 6. The summed E-state index contributed by atoms with van der Waals surface area (Å²) in [6, 6.07) is 15.7. The van der Waals surface area contributed by atoms with Crippen LogP contribution in [0.3, 0.4) is 0 Å². The molecule has 0 aliphatic carbocycles. The summed E-state index contributed by atoms with van der Waals surface area (Å²) in [5.41, 5.74) is 5.19. The van der Waals surface area contributed by atoms with Crippen LogP contribution >= 0.6 is 0 Å². The van der Waals surface area contributed by atoms with Gasteiger partial charge in [0.15, 0.2) is 0 Å². The van der Waals surface area contributed by atoms with Crippen molar-refractivity contribution in [1.29, 1.82) is 0 Å². The second kappa shape index (κ2) is 9.46. The van der Waals surface area contributed by atoms with Crippen molar-refractivity contribution in [2.24, 2.45) is 5.10 Å². The second-order valence-corrected chi connectivity index (χ2v) is 7.69. The average molecular weight is 469 g/mol. The predicted molar refractivity (Wildman–Crippen MR) is 122 cm³/mol. The molecule has 0 aromatic heterocycles. The number of anilines is 1. The van der Waals surface area contributed by atoms with Crippen LogP contribution in [-0.4, -0.2) is 26.3 Å². The van der Waals surface area contributed by atoms with E-state index >= 15 is 0 Å². The molecule has 1 aliphatic rings. The minimum absolute atomic E-state index is 0.399. The van der Waals surface area contributed by atoms with Gasteiger partial charge >= 0.3 is 6.18 Å². The molecule has 1 N–H and O–H groups in total. The van der Waals surface area contributed by atoms with Gasteiger partial charge in [-0.15, -0.1) is 0 Å². The molecule has 3 aromatic rings. The second-order valence-electron chi connectivity index (χ2n) is 7.69. The van der Waals surface area contributed by atoms with Gasteiger partial charge in [0.1, 0.15) is 11.5 Å². The molecule has 0 radical (unpaired) electrons. The van der Waals surface area contributed by atoms with E-state index < -0.39 is 17.6 Å². The highest BCUT2D eigenvalue weighted by Gasteiger charge is 2.31. The van der Waals surface area contributed by atoms with Crippen LogP contribution in [0.1, 0.15) is 32.6 Å². The fourth-order valence-electron chi connectivity index (χ4n) is 3.75. The first-order chi connectivity index (χ1) is 16.3. The number of alkyl halides is 3. The molecule has 0 spiro atoms. The molecular formula is C25H22F3N3O3. The van der Waals surface area contributed by atoms with E-state index in [2.05, 4.69) is 10.5 Å². The van der Waals surface area contributed by atoms with Crippen molar-refractivity contribution >= 4 is 17.8 Å². The fraction of sp³-hybridized carbons (Fsp3) is 0.200. The van der Waals surface area contributed by atoms with Crippen molar-refractivity contribution in [2.45, 2.75) is 19.3 Å². The molecule has 1 amide bonds. The van der Waals surface area contributed by atoms with Crippen LogP contribution in [0.15, 0.2) is 65.8 Å². The summed E-state index contributed by atoms with van der Waals surface area (Å²) in [5.74, 6) is 0.781. The van der Waals surface area contributed by atoms with Gasteiger partial charge in [0.05, 0.1) is 26.0 Å². The Bertz CT molecular complexity index is 1240. The van der Waals surface area contributed by atoms with Crippen LogP contribution in [0, 0.1) is 0 Å². The van der Waals surface area contributed by atoms with Crippen LogP contribution in [0.4, 0.5) is 18.9 Å². The Morgan fingerprint density at radius 2 is 1.79 bits per heavy atom. The number of carbonyl (C=O) groups excluding carboxylic acids is 1. The third kappa shape index (κ3) is 4.98. The molecule has 0 saturated carbocycles. The molecule has 1 heterocycles. The summed E-state index contributed by atoms with van der Waals surface area (Å²) in [7, 11) is 3.08. The number of nitrogens with one attached hydrogen (secondary N) is 1. The van der Waals surface area contributed by atoms with Gasteiger partial charge in [-0.25, -0.2) is 5.43 Å². The van der Waals surface area contributed by atoms with E-state index in [4.69, 9.17) is 9.47 Å². The Morgan fingerprint density at radius 3 is 2.53 bits per heavy atom. The first-order valence-electron chi connectivity index (χ1n) is 10.4. The quantitative estimate of drug-likeness (QED) is 0.407. The number of halogens is 3. The molecule has 0 saturated heterocycles. The lowest BCUT2D eigenvalue weighted by Crippen LogP contribution is -2.18. The summed E-state index contributed by atoms with van der Waals surface area (Å²) in [5, 5.41) is 4.01. The number of hydrazone groups is 1. The van der Waals surface area contributed by atoms with Crippen LogP contribution in [-0.2, 0) is 19.3 Å². The normalized spacial score (nSPS) is 13.1. The minimum Gasteiger partial charge on any atom is -0.497 e. The van der Waals surface area contributed by atoms with Crippen LogP contribution in [0.25, 0.3) is 0 Å². The number of carbonyl (C=O) groups is 1. The maximum Gasteiger partial charge on any atom is 0.416 e. The lowest BCUT2D eigenvalue weighted by molar-refractivity contribution is -0.137. The predicted octanol–water partition coefficient (Wildman–Crippen LogP) is 5.01. The molecular weight excluding hydrogens is 447 g/mol. The van der Waals surface area contributed by atoms with E-state index in [1.54, 1.807) is 43.5 Å². The van der Waals surface area contributed by atoms with E-state index in [-0.39, 0.29) is 0 Å². The number of ether oxygens (including phenoxy) is 2. The lowest BCUT2D eigenvalue weighted by Gasteiger charge is -2.19. The van der Waals surface area contributed by atoms with Gasteiger partial charge in [0.2, 0.25) is 0 Å². The SMILES string of the molecule is COc1ccc(/C=N\NC(=O)c2ccc3c(c2)CN(c2cccc(C(F)(F)F)c2)C3)c(OC)c1. The van der Waals surface area contributed by atoms with Gasteiger partial charge in [0, 0.05) is 36.0 Å². The van der Waals surface area contributed by atoms with E-state index in [9.17, 15) is 18.0 Å². The third-order valence-corrected chi connectivity index (χ3v) is 5.54. The summed E-state index contributed by atoms with van der Waals surface area (Å²) in [4.78, 5) is 14.4. The fourth-order valence-corrected chi connectivity index (χ4v) is 3.75. The van der Waals surface area contributed by atoms with Crippen molar-refractivity contribution in [3.05, 3.63) is 88.5 Å². The standard InChI is InChI=1S/C25H22F3N3O3/c1-33-22-9-8-17(23(12-22)34-2)13-29-30-24(32)16-6-7-18-14-31(15-19(18)10-16)21-5-3-4-20(11-21)25(26,27)28/h3-13H,14-15H2,1-2H3,(H,30,32)/b29-13-. The third-order valence-electron chi connectivity index (χ3n) is 5.54. The summed E-state index contributed by atoms with van der Waals surface area (Å²) in [6.45, 7) is 0.873. The van der Waals surface area contributed by atoms with Crippen molar-refractivity contribution in [2.75, 3.05) is 19.1 Å². The first-order valence-corrected chi connectivity index (χ1v) is 10.4. The first kappa shape index (κ1) is 23.2. The van der Waals surface area contributed by atoms with Gasteiger partial charge in [-0.1, -0.05) is 12.1 Å². The highest BCUT2D eigenvalue weighted by molar-refractivity contribution is 5.95. The van der Waals surface area contributed by atoms with Crippen LogP contribution in [0.2, 0.25) is 0 Å². The average Bonchev–Trinajstić information content (AvgIpc) is 3.27. The number of benzene rings is 3. The van der Waals surface area contributed by atoms with Crippen LogP contribution < -0.4 is 19.8 Å². The number of methoxy groups -OCH3 is 2. The van der Waals surface area contributed by atoms with Gasteiger partial charge < -0.3 is 14.4 Å². The van der Waals surface area contributed by atoms with Crippen molar-refractivity contribution in [3.63, 3.8) is 0 Å². The van der Waals surface area contributed by atoms with Crippen LogP contribution in [0.5, 0.6) is 11.5 Å². The number of hydrogen-bond donors (Lipinski definition) is 1. The zero-order valence-corrected chi connectivity index (χ0v) is 18.5. The molecule has 6 nitrogen and oxygen atoms in total. The Hall–Kier alpha value is -4.01. The minimum atomic E-state index is -4.40. The number of fused-ring (bicyclic) bond motifs is 1. The van der Waals surface area contributed by atoms with Gasteiger partial charge in [0.25, 0.3) is 5.91 Å². The van der Waals surface area contributed by atoms with Gasteiger partial charge in [-0.05, 0) is 53.6 Å². The molecule has 34 heavy (non-hydrogen) atoms. The maximum atomic E-state index is 13.1. The molecule has 4 rings (SSSR count). The van der Waals surface area contributed by atoms with Crippen molar-refractivity contribution in [3.8, 4) is 11.5 Å². The molecule has 0 bridgehead atoms. The van der Waals surface area contributed by atoms with E-state index in [1.165, 1.54) is 19.4 Å². The molecule has 0 fully saturated rings. The Balaban J connectivity index is 1.44. The molecule has 3 aromatic carbocycles. The molecule has 0 atom stereocenters. The maximum absolute atomic E-state index is 13.1. The topological polar surface area (TPSA) is 63.2 Å². The highest BCUT2D eigenvalue weighted by atomic mass is 19.4. The van der Waals surface area contributed by atoms with Crippen molar-refractivity contribution < 1.29 is 27.4 Å². The lowest BCUT2D eigenvalue weighted by atomic mass is 10.1. The smallest absolute Gasteiger partial charge is 0.416 e. The largest absolute Gasteiger partial charge is 0.497 e. The van der Waals surface area contributed by atoms with Crippen molar-refractivity contribution in [1.82, 2.24) is 5.43 Å². The number of nitrogens with zero attached hydrogens (tertiary/aromatic N) is 2. The zero-order valence-electron chi connectivity index (χ0n) is 18.5.